The molecule has 3 aromatic rings. The topological polar surface area (TPSA) is 62.5 Å². The number of aromatic nitrogens is 5. The Kier molecular flexibility index (Phi) is 3.10. The molecule has 0 atom stereocenters. The first-order valence-corrected chi connectivity index (χ1v) is 7.38. The van der Waals surface area contributed by atoms with Gasteiger partial charge in [-0.3, -0.25) is 4.40 Å². The van der Waals surface area contributed by atoms with E-state index in [0.29, 0.717) is 0 Å². The third-order valence-electron chi connectivity index (χ3n) is 3.97. The predicted octanol–water partition coefficient (Wildman–Crippen LogP) is 1.15. The molecule has 0 saturated carbocycles. The molecule has 0 aliphatic carbocycles. The molecular weight excluding hydrogens is 278 g/mol. The van der Waals surface area contributed by atoms with Gasteiger partial charge in [-0.05, 0) is 24.6 Å². The highest BCUT2D eigenvalue weighted by molar-refractivity contribution is 5.51. The quantitative estimate of drug-likeness (QED) is 0.707. The highest BCUT2D eigenvalue weighted by Crippen LogP contribution is 2.19. The Labute approximate surface area is 128 Å². The average molecular weight is 295 g/mol. The van der Waals surface area contributed by atoms with E-state index in [-0.39, 0.29) is 0 Å². The van der Waals surface area contributed by atoms with E-state index in [2.05, 4.69) is 36.0 Å². The number of aryl methyl sites for hydroxylation is 1. The van der Waals surface area contributed by atoms with E-state index < -0.39 is 0 Å². The molecule has 0 N–H and O–H groups in total. The smallest absolute Gasteiger partial charge is 0.225 e. The monoisotopic (exact) mass is 295 g/mol. The van der Waals surface area contributed by atoms with E-state index in [9.17, 15) is 0 Å². The maximum absolute atomic E-state index is 4.41. The summed E-state index contributed by atoms with van der Waals surface area (Å²) in [5.74, 6) is 1.94. The molecule has 0 amide bonds. The summed E-state index contributed by atoms with van der Waals surface area (Å²) >= 11 is 0. The number of fused-ring (bicyclic) bond motifs is 1. The van der Waals surface area contributed by atoms with Gasteiger partial charge in [-0.2, -0.15) is 0 Å². The minimum atomic E-state index is 0.813. The van der Waals surface area contributed by atoms with E-state index >= 15 is 0 Å². The number of piperazine rings is 1. The summed E-state index contributed by atoms with van der Waals surface area (Å²) in [5.41, 5.74) is 1.96. The van der Waals surface area contributed by atoms with Gasteiger partial charge in [-0.25, -0.2) is 9.97 Å². The first-order valence-electron chi connectivity index (χ1n) is 7.38. The van der Waals surface area contributed by atoms with Crippen molar-refractivity contribution in [1.29, 1.82) is 0 Å². The van der Waals surface area contributed by atoms with Gasteiger partial charge in [-0.1, -0.05) is 6.07 Å². The van der Waals surface area contributed by atoms with Crippen LogP contribution < -0.4 is 9.80 Å². The van der Waals surface area contributed by atoms with Crippen molar-refractivity contribution in [2.24, 2.45) is 0 Å². The molecule has 112 valence electrons. The molecule has 22 heavy (non-hydrogen) atoms. The van der Waals surface area contributed by atoms with Crippen molar-refractivity contribution < 1.29 is 0 Å². The number of rotatable bonds is 2. The molecule has 1 aliphatic rings. The second-order valence-corrected chi connectivity index (χ2v) is 5.48. The van der Waals surface area contributed by atoms with Gasteiger partial charge in [-0.15, -0.1) is 10.2 Å². The van der Waals surface area contributed by atoms with Crippen molar-refractivity contribution in [3.63, 3.8) is 0 Å². The molecule has 0 aromatic carbocycles. The molecular formula is C15H17N7. The van der Waals surface area contributed by atoms with Crippen LogP contribution in [-0.2, 0) is 0 Å². The molecule has 4 rings (SSSR count). The Morgan fingerprint density at radius 2 is 1.68 bits per heavy atom. The second kappa shape index (κ2) is 5.25. The summed E-state index contributed by atoms with van der Waals surface area (Å²) in [4.78, 5) is 13.4. The second-order valence-electron chi connectivity index (χ2n) is 5.48. The Balaban J connectivity index is 1.52. The van der Waals surface area contributed by atoms with E-state index in [1.807, 2.05) is 35.9 Å². The lowest BCUT2D eigenvalue weighted by Gasteiger charge is -2.36. The van der Waals surface area contributed by atoms with Crippen molar-refractivity contribution in [1.82, 2.24) is 24.6 Å². The molecule has 7 heteroatoms. The van der Waals surface area contributed by atoms with E-state index in [0.717, 1.165) is 49.2 Å². The minimum Gasteiger partial charge on any atom is -0.354 e. The van der Waals surface area contributed by atoms with E-state index in [4.69, 9.17) is 0 Å². The van der Waals surface area contributed by atoms with Gasteiger partial charge in [0.2, 0.25) is 5.95 Å². The van der Waals surface area contributed by atoms with Crippen molar-refractivity contribution in [2.75, 3.05) is 36.0 Å². The largest absolute Gasteiger partial charge is 0.354 e. The van der Waals surface area contributed by atoms with E-state index in [1.54, 1.807) is 6.33 Å². The van der Waals surface area contributed by atoms with Crippen LogP contribution in [0, 0.1) is 6.92 Å². The lowest BCUT2D eigenvalue weighted by atomic mass is 10.3. The highest BCUT2D eigenvalue weighted by Gasteiger charge is 2.20. The van der Waals surface area contributed by atoms with Crippen LogP contribution >= 0.6 is 0 Å². The lowest BCUT2D eigenvalue weighted by molar-refractivity contribution is 0.632. The minimum absolute atomic E-state index is 0.813. The number of pyridine rings is 1. The maximum Gasteiger partial charge on any atom is 0.225 e. The van der Waals surface area contributed by atoms with Gasteiger partial charge in [0.15, 0.2) is 5.65 Å². The molecule has 3 aromatic heterocycles. The van der Waals surface area contributed by atoms with Gasteiger partial charge in [0.05, 0.1) is 0 Å². The van der Waals surface area contributed by atoms with Crippen LogP contribution in [0.1, 0.15) is 5.56 Å². The standard InChI is InChI=1S/C15H17N7/c1-12-9-16-15(17-10-12)21-7-5-20(6-8-21)14-4-2-3-13-19-18-11-22(13)14/h2-4,9-11H,5-8H2,1H3. The van der Waals surface area contributed by atoms with Gasteiger partial charge in [0.25, 0.3) is 0 Å². The van der Waals surface area contributed by atoms with Crippen LogP contribution in [0.25, 0.3) is 5.65 Å². The van der Waals surface area contributed by atoms with E-state index in [1.165, 1.54) is 0 Å². The molecule has 0 radical (unpaired) electrons. The van der Waals surface area contributed by atoms with Gasteiger partial charge in [0.1, 0.15) is 12.1 Å². The first-order chi connectivity index (χ1) is 10.8. The van der Waals surface area contributed by atoms with Gasteiger partial charge < -0.3 is 9.80 Å². The molecule has 1 aliphatic heterocycles. The maximum atomic E-state index is 4.41. The summed E-state index contributed by atoms with van der Waals surface area (Å²) < 4.78 is 2.03. The highest BCUT2D eigenvalue weighted by atomic mass is 15.4. The van der Waals surface area contributed by atoms with Crippen molar-refractivity contribution in [3.8, 4) is 0 Å². The predicted molar refractivity (Wildman–Crippen MR) is 84.2 cm³/mol. The Morgan fingerprint density at radius 3 is 2.45 bits per heavy atom. The zero-order valence-corrected chi connectivity index (χ0v) is 12.4. The third-order valence-corrected chi connectivity index (χ3v) is 3.97. The van der Waals surface area contributed by atoms with Crippen LogP contribution in [0.15, 0.2) is 36.9 Å². The molecule has 0 unspecified atom stereocenters. The van der Waals surface area contributed by atoms with Crippen LogP contribution in [-0.4, -0.2) is 50.7 Å². The molecule has 7 nitrogen and oxygen atoms in total. The van der Waals surface area contributed by atoms with Gasteiger partial charge in [0, 0.05) is 38.6 Å². The molecule has 0 spiro atoms. The molecule has 0 bridgehead atoms. The van der Waals surface area contributed by atoms with Gasteiger partial charge >= 0.3 is 0 Å². The van der Waals surface area contributed by atoms with Crippen LogP contribution in [0.3, 0.4) is 0 Å². The first kappa shape index (κ1) is 13.0. The number of nitrogens with zero attached hydrogens (tertiary/aromatic N) is 7. The molecule has 1 saturated heterocycles. The number of hydrogen-bond acceptors (Lipinski definition) is 6. The molecule has 4 heterocycles. The summed E-state index contributed by atoms with van der Waals surface area (Å²) in [7, 11) is 0. The summed E-state index contributed by atoms with van der Waals surface area (Å²) in [5, 5.41) is 8.08. The lowest BCUT2D eigenvalue weighted by Crippen LogP contribution is -2.47. The Morgan fingerprint density at radius 1 is 0.955 bits per heavy atom. The van der Waals surface area contributed by atoms with Crippen molar-refractivity contribution in [3.05, 3.63) is 42.5 Å². The normalized spacial score (nSPS) is 15.5. The molecule has 1 fully saturated rings. The van der Waals surface area contributed by atoms with Crippen LogP contribution in [0.4, 0.5) is 11.8 Å². The Hall–Kier alpha value is -2.70. The fraction of sp³-hybridized carbons (Fsp3) is 0.333. The fourth-order valence-electron chi connectivity index (χ4n) is 2.78. The number of hydrogen-bond donors (Lipinski definition) is 0. The average Bonchev–Trinajstić information content (AvgIpc) is 3.04. The summed E-state index contributed by atoms with van der Waals surface area (Å²) in [6.07, 6.45) is 5.50. The van der Waals surface area contributed by atoms with Crippen molar-refractivity contribution in [2.45, 2.75) is 6.92 Å². The van der Waals surface area contributed by atoms with Crippen molar-refractivity contribution >= 4 is 17.4 Å². The van der Waals surface area contributed by atoms with Crippen LogP contribution in [0.5, 0.6) is 0 Å². The van der Waals surface area contributed by atoms with Crippen LogP contribution in [0.2, 0.25) is 0 Å². The zero-order valence-electron chi connectivity index (χ0n) is 12.4. The number of anilines is 2. The summed E-state index contributed by atoms with van der Waals surface area (Å²) in [6.45, 7) is 5.66. The zero-order chi connectivity index (χ0) is 14.9. The fourth-order valence-corrected chi connectivity index (χ4v) is 2.78. The summed E-state index contributed by atoms with van der Waals surface area (Å²) in [6, 6.07) is 6.09. The SMILES string of the molecule is Cc1cnc(N2CCN(c3cccc4nncn34)CC2)nc1. The Bertz CT molecular complexity index is 772. The third kappa shape index (κ3) is 2.24.